The highest BCUT2D eigenvalue weighted by Crippen LogP contribution is 2.33. The molecule has 2 aromatic carbocycles. The molecule has 0 bridgehead atoms. The maximum Gasteiger partial charge on any atom is 0.220 e. The van der Waals surface area contributed by atoms with Gasteiger partial charge in [0.05, 0.1) is 24.7 Å². The number of fused-ring (bicyclic) bond motifs is 1. The van der Waals surface area contributed by atoms with Crippen LogP contribution in [-0.4, -0.2) is 23.0 Å². The molecule has 0 fully saturated rings. The molecule has 2 heterocycles. The van der Waals surface area contributed by atoms with Gasteiger partial charge in [-0.15, -0.1) is 0 Å². The number of benzene rings is 2. The molecule has 4 rings (SSSR count). The van der Waals surface area contributed by atoms with E-state index in [1.54, 1.807) is 0 Å². The Kier molecular flexibility index (Phi) is 4.27. The van der Waals surface area contributed by atoms with Crippen molar-refractivity contribution in [2.75, 3.05) is 11.5 Å². The number of carbonyl (C=O) groups is 1. The zero-order valence-electron chi connectivity index (χ0n) is 14.4. The normalized spacial score (nSPS) is 12.4. The summed E-state index contributed by atoms with van der Waals surface area (Å²) in [5.74, 6) is -0.812. The third-order valence-corrected chi connectivity index (χ3v) is 4.48. The number of anilines is 2. The van der Waals surface area contributed by atoms with Crippen molar-refractivity contribution in [2.24, 2.45) is 0 Å². The van der Waals surface area contributed by atoms with Gasteiger partial charge in [-0.3, -0.25) is 14.7 Å². The number of para-hydroxylation sites is 1. The maximum atomic E-state index is 14.0. The molecule has 5 nitrogen and oxygen atoms in total. The molecule has 0 radical (unpaired) electrons. The van der Waals surface area contributed by atoms with Gasteiger partial charge >= 0.3 is 0 Å². The van der Waals surface area contributed by atoms with Crippen molar-refractivity contribution < 1.29 is 18.3 Å². The van der Waals surface area contributed by atoms with Gasteiger partial charge in [0.2, 0.25) is 6.41 Å². The predicted octanol–water partition coefficient (Wildman–Crippen LogP) is 3.96. The summed E-state index contributed by atoms with van der Waals surface area (Å²) in [6.45, 7) is 2.60. The van der Waals surface area contributed by atoms with Crippen LogP contribution in [0.4, 0.5) is 20.3 Å². The average molecular weight is 367 g/mol. The molecule has 0 atom stereocenters. The summed E-state index contributed by atoms with van der Waals surface area (Å²) in [5.41, 5.74) is 3.09. The predicted molar refractivity (Wildman–Crippen MR) is 96.0 cm³/mol. The Morgan fingerprint density at radius 3 is 2.59 bits per heavy atom. The summed E-state index contributed by atoms with van der Waals surface area (Å²) < 4.78 is 33.5. The van der Waals surface area contributed by atoms with E-state index in [0.29, 0.717) is 18.7 Å². The highest BCUT2D eigenvalue weighted by Gasteiger charge is 2.20. The molecule has 3 aromatic rings. The van der Waals surface area contributed by atoms with E-state index in [4.69, 9.17) is 4.74 Å². The molecule has 0 spiro atoms. The first-order valence-corrected chi connectivity index (χ1v) is 8.36. The number of aromatic nitrogens is 2. The van der Waals surface area contributed by atoms with E-state index in [9.17, 15) is 13.6 Å². The maximum absolute atomic E-state index is 14.0. The minimum absolute atomic E-state index is 0.0277. The van der Waals surface area contributed by atoms with Gasteiger partial charge < -0.3 is 4.74 Å². The number of aryl methyl sites for hydroxylation is 1. The lowest BCUT2D eigenvalue weighted by molar-refractivity contribution is -0.106. The van der Waals surface area contributed by atoms with Gasteiger partial charge in [-0.25, -0.2) is 13.8 Å². The second-order valence-corrected chi connectivity index (χ2v) is 6.18. The Morgan fingerprint density at radius 2 is 1.93 bits per heavy atom. The zero-order chi connectivity index (χ0) is 19.0. The Hall–Kier alpha value is -3.35. The number of halogens is 2. The molecular formula is C20H15F2N3O2. The highest BCUT2D eigenvalue weighted by molar-refractivity contribution is 5.85. The lowest BCUT2D eigenvalue weighted by Gasteiger charge is -2.17. The Labute approximate surface area is 154 Å². The molecular weight excluding hydrogens is 352 g/mol. The van der Waals surface area contributed by atoms with Crippen LogP contribution in [0.5, 0.6) is 5.75 Å². The monoisotopic (exact) mass is 367 g/mol. The SMILES string of the molecule is Cc1cc2c(cc1-c1cnc(N(C=O)c3c(F)cccc3F)cn1)CCO2. The van der Waals surface area contributed by atoms with Crippen LogP contribution in [0, 0.1) is 18.6 Å². The second-order valence-electron chi connectivity index (χ2n) is 6.18. The van der Waals surface area contributed by atoms with Gasteiger partial charge in [0.25, 0.3) is 0 Å². The third-order valence-electron chi connectivity index (χ3n) is 4.48. The summed E-state index contributed by atoms with van der Waals surface area (Å²) in [6, 6.07) is 7.35. The molecule has 136 valence electrons. The van der Waals surface area contributed by atoms with E-state index in [1.807, 2.05) is 19.1 Å². The molecule has 1 aromatic heterocycles. The molecule has 0 N–H and O–H groups in total. The average Bonchev–Trinajstić information content (AvgIpc) is 3.12. The van der Waals surface area contributed by atoms with E-state index < -0.39 is 17.3 Å². The fourth-order valence-electron chi connectivity index (χ4n) is 3.13. The molecule has 1 amide bonds. The quantitative estimate of drug-likeness (QED) is 0.655. The second kappa shape index (κ2) is 6.75. The number of carbonyl (C=O) groups excluding carboxylic acids is 1. The molecule has 0 saturated carbocycles. The van der Waals surface area contributed by atoms with Gasteiger partial charge in [-0.05, 0) is 42.3 Å². The van der Waals surface area contributed by atoms with Crippen molar-refractivity contribution in [1.82, 2.24) is 9.97 Å². The Bertz CT molecular complexity index is 1000. The van der Waals surface area contributed by atoms with Crippen LogP contribution in [0.3, 0.4) is 0 Å². The number of hydrogen-bond donors (Lipinski definition) is 0. The van der Waals surface area contributed by atoms with Gasteiger partial charge in [-0.1, -0.05) is 6.07 Å². The Morgan fingerprint density at radius 1 is 1.15 bits per heavy atom. The third kappa shape index (κ3) is 3.01. The summed E-state index contributed by atoms with van der Waals surface area (Å²) in [4.78, 5) is 20.8. The number of hydrogen-bond acceptors (Lipinski definition) is 4. The van der Waals surface area contributed by atoms with Crippen LogP contribution >= 0.6 is 0 Å². The van der Waals surface area contributed by atoms with Gasteiger partial charge in [0, 0.05) is 12.0 Å². The molecule has 0 unspecified atom stereocenters. The first-order chi connectivity index (χ1) is 13.1. The van der Waals surface area contributed by atoms with E-state index in [0.717, 1.165) is 45.9 Å². The van der Waals surface area contributed by atoms with Crippen LogP contribution in [0.2, 0.25) is 0 Å². The lowest BCUT2D eigenvalue weighted by atomic mass is 10.0. The summed E-state index contributed by atoms with van der Waals surface area (Å²) in [5, 5.41) is 0. The first-order valence-electron chi connectivity index (χ1n) is 8.36. The van der Waals surface area contributed by atoms with Crippen molar-refractivity contribution in [3.8, 4) is 17.0 Å². The van der Waals surface area contributed by atoms with E-state index in [1.165, 1.54) is 18.5 Å². The summed E-state index contributed by atoms with van der Waals surface area (Å²) >= 11 is 0. The first kappa shape index (κ1) is 17.1. The van der Waals surface area contributed by atoms with Crippen LogP contribution in [0.25, 0.3) is 11.3 Å². The van der Waals surface area contributed by atoms with Crippen LogP contribution in [0.1, 0.15) is 11.1 Å². The molecule has 1 aliphatic rings. The summed E-state index contributed by atoms with van der Waals surface area (Å²) in [6.07, 6.45) is 3.94. The highest BCUT2D eigenvalue weighted by atomic mass is 19.1. The van der Waals surface area contributed by atoms with Crippen LogP contribution in [0.15, 0.2) is 42.7 Å². The van der Waals surface area contributed by atoms with Gasteiger partial charge in [0.1, 0.15) is 23.1 Å². The molecule has 0 saturated heterocycles. The van der Waals surface area contributed by atoms with Crippen molar-refractivity contribution in [1.29, 1.82) is 0 Å². The van der Waals surface area contributed by atoms with Crippen LogP contribution < -0.4 is 9.64 Å². The van der Waals surface area contributed by atoms with Crippen molar-refractivity contribution in [3.05, 3.63) is 65.5 Å². The van der Waals surface area contributed by atoms with Gasteiger partial charge in [-0.2, -0.15) is 0 Å². The molecule has 7 heteroatoms. The van der Waals surface area contributed by atoms with E-state index in [2.05, 4.69) is 9.97 Å². The number of ether oxygens (including phenoxy) is 1. The van der Waals surface area contributed by atoms with Crippen molar-refractivity contribution >= 4 is 17.9 Å². The fraction of sp³-hybridized carbons (Fsp3) is 0.150. The van der Waals surface area contributed by atoms with E-state index >= 15 is 0 Å². The smallest absolute Gasteiger partial charge is 0.220 e. The molecule has 0 aliphatic carbocycles. The molecule has 1 aliphatic heterocycles. The van der Waals surface area contributed by atoms with E-state index in [-0.39, 0.29) is 5.82 Å². The summed E-state index contributed by atoms with van der Waals surface area (Å²) in [7, 11) is 0. The zero-order valence-corrected chi connectivity index (χ0v) is 14.4. The lowest BCUT2D eigenvalue weighted by Crippen LogP contribution is -2.18. The van der Waals surface area contributed by atoms with Gasteiger partial charge in [0.15, 0.2) is 5.82 Å². The van der Waals surface area contributed by atoms with Crippen molar-refractivity contribution in [2.45, 2.75) is 13.3 Å². The minimum atomic E-state index is -0.859. The topological polar surface area (TPSA) is 55.3 Å². The number of rotatable bonds is 4. The fourth-order valence-corrected chi connectivity index (χ4v) is 3.13. The number of amides is 1. The van der Waals surface area contributed by atoms with Crippen LogP contribution in [-0.2, 0) is 11.2 Å². The number of nitrogens with zero attached hydrogens (tertiary/aromatic N) is 3. The minimum Gasteiger partial charge on any atom is -0.493 e. The van der Waals surface area contributed by atoms with Crippen molar-refractivity contribution in [3.63, 3.8) is 0 Å². The molecule has 27 heavy (non-hydrogen) atoms. The Balaban J connectivity index is 1.71. The largest absolute Gasteiger partial charge is 0.493 e. The standard InChI is InChI=1S/C20H15F2N3O2/c1-12-7-18-13(5-6-27-18)8-14(12)17-9-24-19(10-23-17)25(11-26)20-15(21)3-2-4-16(20)22/h2-4,7-11H,5-6H2,1H3.